The normalized spacial score (nSPS) is 11.0. The molecule has 0 bridgehead atoms. The third-order valence-corrected chi connectivity index (χ3v) is 5.60. The number of imidazole rings is 1. The van der Waals surface area contributed by atoms with Gasteiger partial charge in [0, 0.05) is 48.7 Å². The van der Waals surface area contributed by atoms with Gasteiger partial charge in [0.25, 0.3) is 5.91 Å². The van der Waals surface area contributed by atoms with Gasteiger partial charge in [0.1, 0.15) is 29.4 Å². The minimum Gasteiger partial charge on any atom is -0.487 e. The molecule has 0 aliphatic carbocycles. The molecule has 7 nitrogen and oxygen atoms in total. The topological polar surface area (TPSA) is 81.9 Å². The first-order valence-corrected chi connectivity index (χ1v) is 10.2. The Bertz CT molecular complexity index is 1280. The van der Waals surface area contributed by atoms with Crippen molar-refractivity contribution in [3.05, 3.63) is 69.9 Å². The highest BCUT2D eigenvalue weighted by Gasteiger charge is 2.18. The fourth-order valence-electron chi connectivity index (χ4n) is 3.38. The molecule has 0 unspecified atom stereocenters. The number of para-hydroxylation sites is 1. The molecule has 0 aliphatic heterocycles. The van der Waals surface area contributed by atoms with Crippen molar-refractivity contribution >= 4 is 40.0 Å². The number of nitrogens with one attached hydrogen (secondary N) is 1. The van der Waals surface area contributed by atoms with Crippen molar-refractivity contribution in [2.24, 2.45) is 7.05 Å². The van der Waals surface area contributed by atoms with Crippen LogP contribution in [0.3, 0.4) is 0 Å². The van der Waals surface area contributed by atoms with Crippen molar-refractivity contribution in [2.75, 3.05) is 7.05 Å². The predicted molar refractivity (Wildman–Crippen MR) is 121 cm³/mol. The highest BCUT2D eigenvalue weighted by atomic mass is 35.5. The first-order valence-electron chi connectivity index (χ1n) is 9.46. The largest absolute Gasteiger partial charge is 0.487 e. The van der Waals surface area contributed by atoms with E-state index in [-0.39, 0.29) is 12.5 Å². The molecule has 4 rings (SSSR count). The molecule has 0 saturated carbocycles. The van der Waals surface area contributed by atoms with E-state index in [1.54, 1.807) is 17.8 Å². The van der Waals surface area contributed by atoms with Crippen LogP contribution in [0, 0.1) is 6.92 Å². The van der Waals surface area contributed by atoms with Gasteiger partial charge in [-0.3, -0.25) is 9.78 Å². The predicted octanol–water partition coefficient (Wildman–Crippen LogP) is 4.58. The van der Waals surface area contributed by atoms with Crippen LogP contribution in [0.1, 0.15) is 21.7 Å². The average Bonchev–Trinajstić information content (AvgIpc) is 3.13. The molecule has 0 saturated heterocycles. The molecule has 0 aliphatic rings. The maximum atomic E-state index is 12.1. The highest BCUT2D eigenvalue weighted by molar-refractivity contribution is 6.35. The number of carbonyl (C=O) groups excluding carboxylic acids is 1. The van der Waals surface area contributed by atoms with Crippen LogP contribution in [0.4, 0.5) is 0 Å². The van der Waals surface area contributed by atoms with E-state index in [1.165, 1.54) is 12.4 Å². The van der Waals surface area contributed by atoms with E-state index in [9.17, 15) is 4.79 Å². The molecule has 4 aromatic rings. The number of nitrogens with zero attached hydrogens (tertiary/aromatic N) is 4. The summed E-state index contributed by atoms with van der Waals surface area (Å²) in [7, 11) is 3.40. The van der Waals surface area contributed by atoms with Crippen LogP contribution in [0.5, 0.6) is 5.75 Å². The molecule has 31 heavy (non-hydrogen) atoms. The first-order chi connectivity index (χ1) is 14.9. The molecule has 1 aromatic carbocycles. The molecule has 1 amide bonds. The standard InChI is InChI=1S/C22H19Cl2N5O2/c1-12-7-14(21-27-10-18(29(21)3)22(30)25-2)13-5-4-6-19(20(13)28-12)31-11-15-16(23)8-26-9-17(15)24/h4-10H,11H2,1-3H3,(H,25,30). The van der Waals surface area contributed by atoms with Gasteiger partial charge in [-0.25, -0.2) is 9.97 Å². The molecule has 0 spiro atoms. The number of carbonyl (C=O) groups is 1. The van der Waals surface area contributed by atoms with Crippen molar-refractivity contribution in [1.29, 1.82) is 0 Å². The maximum Gasteiger partial charge on any atom is 0.269 e. The first kappa shape index (κ1) is 21.1. The van der Waals surface area contributed by atoms with Crippen LogP contribution in [0.2, 0.25) is 10.0 Å². The monoisotopic (exact) mass is 455 g/mol. The van der Waals surface area contributed by atoms with E-state index in [0.717, 1.165) is 16.6 Å². The van der Waals surface area contributed by atoms with E-state index < -0.39 is 0 Å². The van der Waals surface area contributed by atoms with Crippen molar-refractivity contribution in [2.45, 2.75) is 13.5 Å². The van der Waals surface area contributed by atoms with Gasteiger partial charge in [-0.2, -0.15) is 0 Å². The Morgan fingerprint density at radius 3 is 2.65 bits per heavy atom. The highest BCUT2D eigenvalue weighted by Crippen LogP contribution is 2.34. The summed E-state index contributed by atoms with van der Waals surface area (Å²) in [4.78, 5) is 25.2. The van der Waals surface area contributed by atoms with Crippen LogP contribution in [0.25, 0.3) is 22.3 Å². The van der Waals surface area contributed by atoms with Crippen molar-refractivity contribution < 1.29 is 9.53 Å². The van der Waals surface area contributed by atoms with Gasteiger partial charge < -0.3 is 14.6 Å². The summed E-state index contributed by atoms with van der Waals surface area (Å²) < 4.78 is 7.81. The van der Waals surface area contributed by atoms with Gasteiger partial charge in [0.15, 0.2) is 0 Å². The van der Waals surface area contributed by atoms with Crippen LogP contribution >= 0.6 is 23.2 Å². The number of hydrogen-bond donors (Lipinski definition) is 1. The second-order valence-electron chi connectivity index (χ2n) is 6.94. The molecule has 158 valence electrons. The fourth-order valence-corrected chi connectivity index (χ4v) is 3.85. The van der Waals surface area contributed by atoms with Crippen LogP contribution in [0.15, 0.2) is 42.9 Å². The van der Waals surface area contributed by atoms with Gasteiger partial charge in [-0.15, -0.1) is 0 Å². The minimum atomic E-state index is -0.202. The van der Waals surface area contributed by atoms with E-state index in [0.29, 0.717) is 38.4 Å². The Kier molecular flexibility index (Phi) is 5.80. The number of aromatic nitrogens is 4. The molecule has 3 heterocycles. The van der Waals surface area contributed by atoms with Crippen molar-refractivity contribution in [3.8, 4) is 17.1 Å². The molecular weight excluding hydrogens is 437 g/mol. The summed E-state index contributed by atoms with van der Waals surface area (Å²) >= 11 is 12.4. The number of hydrogen-bond acceptors (Lipinski definition) is 5. The van der Waals surface area contributed by atoms with Gasteiger partial charge in [-0.05, 0) is 19.1 Å². The second-order valence-corrected chi connectivity index (χ2v) is 7.75. The van der Waals surface area contributed by atoms with E-state index in [1.807, 2.05) is 38.2 Å². The zero-order valence-corrected chi connectivity index (χ0v) is 18.6. The summed E-state index contributed by atoms with van der Waals surface area (Å²) in [5.41, 5.74) is 3.45. The summed E-state index contributed by atoms with van der Waals surface area (Å²) in [5, 5.41) is 4.36. The molecule has 9 heteroatoms. The summed E-state index contributed by atoms with van der Waals surface area (Å²) in [5.74, 6) is 1.05. The third kappa shape index (κ3) is 3.94. The number of fused-ring (bicyclic) bond motifs is 1. The van der Waals surface area contributed by atoms with Crippen LogP contribution in [-0.2, 0) is 13.7 Å². The Hall–Kier alpha value is -3.16. The van der Waals surface area contributed by atoms with E-state index in [2.05, 4.69) is 20.3 Å². The molecule has 0 fully saturated rings. The second kappa shape index (κ2) is 8.53. The van der Waals surface area contributed by atoms with Gasteiger partial charge in [-0.1, -0.05) is 35.3 Å². The third-order valence-electron chi connectivity index (χ3n) is 4.94. The number of aryl methyl sites for hydroxylation is 1. The zero-order valence-electron chi connectivity index (χ0n) is 17.1. The summed E-state index contributed by atoms with van der Waals surface area (Å²) in [6, 6.07) is 7.62. The van der Waals surface area contributed by atoms with Crippen LogP contribution in [-0.4, -0.2) is 32.5 Å². The van der Waals surface area contributed by atoms with E-state index in [4.69, 9.17) is 27.9 Å². The Balaban J connectivity index is 1.79. The maximum absolute atomic E-state index is 12.1. The lowest BCUT2D eigenvalue weighted by Crippen LogP contribution is -2.20. The molecular formula is C22H19Cl2N5O2. The quantitative estimate of drug-likeness (QED) is 0.475. The van der Waals surface area contributed by atoms with Gasteiger partial charge >= 0.3 is 0 Å². The lowest BCUT2D eigenvalue weighted by Gasteiger charge is -2.14. The lowest BCUT2D eigenvalue weighted by atomic mass is 10.1. The number of rotatable bonds is 5. The number of halogens is 2. The number of pyridine rings is 2. The number of amides is 1. The van der Waals surface area contributed by atoms with Gasteiger partial charge in [0.2, 0.25) is 0 Å². The fraction of sp³-hybridized carbons (Fsp3) is 0.182. The molecule has 1 N–H and O–H groups in total. The molecule has 0 atom stereocenters. The minimum absolute atomic E-state index is 0.174. The molecule has 0 radical (unpaired) electrons. The number of benzene rings is 1. The van der Waals surface area contributed by atoms with Crippen molar-refractivity contribution in [3.63, 3.8) is 0 Å². The Labute approximate surface area is 189 Å². The zero-order chi connectivity index (χ0) is 22.1. The Morgan fingerprint density at radius 2 is 1.94 bits per heavy atom. The van der Waals surface area contributed by atoms with Gasteiger partial charge in [0.05, 0.1) is 16.2 Å². The lowest BCUT2D eigenvalue weighted by molar-refractivity contribution is 0.0955. The Morgan fingerprint density at radius 1 is 1.19 bits per heavy atom. The molecule has 3 aromatic heterocycles. The average molecular weight is 456 g/mol. The summed E-state index contributed by atoms with van der Waals surface area (Å²) in [6.45, 7) is 2.08. The summed E-state index contributed by atoms with van der Waals surface area (Å²) in [6.07, 6.45) is 4.62. The van der Waals surface area contributed by atoms with E-state index >= 15 is 0 Å². The number of ether oxygens (including phenoxy) is 1. The SMILES string of the molecule is CNC(=O)c1cnc(-c2cc(C)nc3c(OCc4c(Cl)cncc4Cl)cccc23)n1C. The van der Waals surface area contributed by atoms with Crippen molar-refractivity contribution in [1.82, 2.24) is 24.8 Å². The smallest absolute Gasteiger partial charge is 0.269 e. The van der Waals surface area contributed by atoms with Crippen LogP contribution < -0.4 is 10.1 Å².